The molecule has 8 heteroatoms. The molecule has 1 saturated carbocycles. The lowest BCUT2D eigenvalue weighted by Crippen LogP contribution is -2.55. The zero-order valence-corrected chi connectivity index (χ0v) is 15.1. The summed E-state index contributed by atoms with van der Waals surface area (Å²) in [5, 5.41) is 12.2. The Labute approximate surface area is 147 Å². The van der Waals surface area contributed by atoms with Crippen LogP contribution in [0.1, 0.15) is 54.9 Å². The molecular formula is C17H24N2O5S. The van der Waals surface area contributed by atoms with E-state index in [0.29, 0.717) is 18.4 Å². The Morgan fingerprint density at radius 1 is 1.12 bits per heavy atom. The number of amides is 1. The van der Waals surface area contributed by atoms with E-state index in [1.54, 1.807) is 31.2 Å². The van der Waals surface area contributed by atoms with Crippen molar-refractivity contribution in [2.75, 3.05) is 5.75 Å². The Morgan fingerprint density at radius 3 is 2.24 bits per heavy atom. The number of hydrogen-bond donors (Lipinski definition) is 3. The standard InChI is InChI=1S/C17H24N2O5S/c1-2-25(23,24)18-12-13-6-8-14(9-7-13)15(20)19-17(16(21)22)10-4-3-5-11-17/h6-9,18H,2-5,10-12H2,1H3,(H,19,20)(H,21,22). The van der Waals surface area contributed by atoms with Crippen molar-refractivity contribution < 1.29 is 23.1 Å². The number of rotatable bonds is 7. The zero-order valence-electron chi connectivity index (χ0n) is 14.2. The van der Waals surface area contributed by atoms with Crippen molar-refractivity contribution in [1.29, 1.82) is 0 Å². The molecule has 0 aromatic heterocycles. The molecule has 1 amide bonds. The van der Waals surface area contributed by atoms with E-state index in [-0.39, 0.29) is 12.3 Å². The Bertz CT molecular complexity index is 722. The van der Waals surface area contributed by atoms with Gasteiger partial charge in [-0.25, -0.2) is 17.9 Å². The van der Waals surface area contributed by atoms with Crippen molar-refractivity contribution in [3.8, 4) is 0 Å². The third-order valence-electron chi connectivity index (χ3n) is 4.56. The minimum absolute atomic E-state index is 0.00472. The third-order valence-corrected chi connectivity index (χ3v) is 5.91. The topological polar surface area (TPSA) is 113 Å². The first-order valence-electron chi connectivity index (χ1n) is 8.40. The summed E-state index contributed by atoms with van der Waals surface area (Å²) in [6.45, 7) is 1.70. The Balaban J connectivity index is 2.03. The van der Waals surface area contributed by atoms with Gasteiger partial charge in [0.25, 0.3) is 5.91 Å². The fourth-order valence-electron chi connectivity index (χ4n) is 2.91. The Morgan fingerprint density at radius 2 is 1.72 bits per heavy atom. The summed E-state index contributed by atoms with van der Waals surface area (Å²) in [5.41, 5.74) is -0.113. The number of carboxylic acid groups (broad SMARTS) is 1. The quantitative estimate of drug-likeness (QED) is 0.677. The average molecular weight is 368 g/mol. The predicted octanol–water partition coefficient (Wildman–Crippen LogP) is 1.64. The van der Waals surface area contributed by atoms with Gasteiger partial charge in [0, 0.05) is 12.1 Å². The van der Waals surface area contributed by atoms with Gasteiger partial charge in [-0.1, -0.05) is 31.4 Å². The van der Waals surface area contributed by atoms with Crippen LogP contribution in [-0.2, 0) is 21.4 Å². The van der Waals surface area contributed by atoms with Gasteiger partial charge in [-0.2, -0.15) is 0 Å². The highest BCUT2D eigenvalue weighted by Crippen LogP contribution is 2.28. The maximum atomic E-state index is 12.4. The molecule has 1 fully saturated rings. The number of sulfonamides is 1. The first-order chi connectivity index (χ1) is 11.8. The first kappa shape index (κ1) is 19.4. The molecule has 1 aromatic rings. The summed E-state index contributed by atoms with van der Waals surface area (Å²) in [5.74, 6) is -1.42. The van der Waals surface area contributed by atoms with Crippen molar-refractivity contribution >= 4 is 21.9 Å². The van der Waals surface area contributed by atoms with E-state index in [1.807, 2.05) is 0 Å². The van der Waals surface area contributed by atoms with E-state index in [4.69, 9.17) is 0 Å². The lowest BCUT2D eigenvalue weighted by molar-refractivity contribution is -0.145. The first-order valence-corrected chi connectivity index (χ1v) is 10.1. The predicted molar refractivity (Wildman–Crippen MR) is 93.7 cm³/mol. The normalized spacial score (nSPS) is 17.0. The average Bonchev–Trinajstić information content (AvgIpc) is 2.61. The van der Waals surface area contributed by atoms with Gasteiger partial charge in [-0.3, -0.25) is 4.79 Å². The van der Waals surface area contributed by atoms with Crippen LogP contribution in [-0.4, -0.2) is 36.7 Å². The van der Waals surface area contributed by atoms with Crippen molar-refractivity contribution in [3.63, 3.8) is 0 Å². The van der Waals surface area contributed by atoms with Crippen LogP contribution in [0.25, 0.3) is 0 Å². The zero-order chi connectivity index (χ0) is 18.5. The van der Waals surface area contributed by atoms with Gasteiger partial charge in [0.1, 0.15) is 5.54 Å². The van der Waals surface area contributed by atoms with Crippen LogP contribution in [0.3, 0.4) is 0 Å². The van der Waals surface area contributed by atoms with Crippen LogP contribution in [0.5, 0.6) is 0 Å². The molecule has 0 atom stereocenters. The SMILES string of the molecule is CCS(=O)(=O)NCc1ccc(C(=O)NC2(C(=O)O)CCCCC2)cc1. The molecular weight excluding hydrogens is 344 g/mol. The molecule has 1 aliphatic carbocycles. The minimum Gasteiger partial charge on any atom is -0.480 e. The van der Waals surface area contributed by atoms with Crippen LogP contribution < -0.4 is 10.0 Å². The summed E-state index contributed by atoms with van der Waals surface area (Å²) < 4.78 is 25.3. The lowest BCUT2D eigenvalue weighted by atomic mass is 9.81. The second-order valence-corrected chi connectivity index (χ2v) is 8.42. The van der Waals surface area contributed by atoms with E-state index < -0.39 is 27.4 Å². The van der Waals surface area contributed by atoms with E-state index in [9.17, 15) is 23.1 Å². The molecule has 0 spiro atoms. The number of benzene rings is 1. The highest BCUT2D eigenvalue weighted by molar-refractivity contribution is 7.89. The summed E-state index contributed by atoms with van der Waals surface area (Å²) in [4.78, 5) is 24.0. The van der Waals surface area contributed by atoms with Crippen LogP contribution >= 0.6 is 0 Å². The fraction of sp³-hybridized carbons (Fsp3) is 0.529. The number of aliphatic carboxylic acids is 1. The van der Waals surface area contributed by atoms with Crippen molar-refractivity contribution in [1.82, 2.24) is 10.0 Å². The summed E-state index contributed by atoms with van der Waals surface area (Å²) >= 11 is 0. The van der Waals surface area contributed by atoms with E-state index >= 15 is 0 Å². The molecule has 0 unspecified atom stereocenters. The molecule has 1 aromatic carbocycles. The summed E-state index contributed by atoms with van der Waals surface area (Å²) in [7, 11) is -3.28. The van der Waals surface area contributed by atoms with Gasteiger partial charge in [-0.15, -0.1) is 0 Å². The highest BCUT2D eigenvalue weighted by Gasteiger charge is 2.41. The summed E-state index contributed by atoms with van der Waals surface area (Å²) in [6, 6.07) is 6.45. The van der Waals surface area contributed by atoms with Gasteiger partial charge in [0.15, 0.2) is 0 Å². The minimum atomic E-state index is -3.28. The number of hydrogen-bond acceptors (Lipinski definition) is 4. The second-order valence-electron chi connectivity index (χ2n) is 6.32. The van der Waals surface area contributed by atoms with E-state index in [1.165, 1.54) is 0 Å². The van der Waals surface area contributed by atoms with Crippen molar-refractivity contribution in [2.45, 2.75) is 51.1 Å². The van der Waals surface area contributed by atoms with E-state index in [2.05, 4.69) is 10.0 Å². The molecule has 25 heavy (non-hydrogen) atoms. The van der Waals surface area contributed by atoms with Crippen molar-refractivity contribution in [3.05, 3.63) is 35.4 Å². The maximum absolute atomic E-state index is 12.4. The number of carbonyl (C=O) groups is 2. The van der Waals surface area contributed by atoms with Gasteiger partial charge < -0.3 is 10.4 Å². The third kappa shape index (κ3) is 5.02. The van der Waals surface area contributed by atoms with Gasteiger partial charge in [0.05, 0.1) is 5.75 Å². The molecule has 138 valence electrons. The molecule has 0 radical (unpaired) electrons. The smallest absolute Gasteiger partial charge is 0.329 e. The Hall–Kier alpha value is -1.93. The van der Waals surface area contributed by atoms with Gasteiger partial charge in [-0.05, 0) is 37.5 Å². The van der Waals surface area contributed by atoms with Crippen LogP contribution in [0, 0.1) is 0 Å². The molecule has 0 saturated heterocycles. The van der Waals surface area contributed by atoms with E-state index in [0.717, 1.165) is 24.8 Å². The molecule has 0 bridgehead atoms. The Kier molecular flexibility index (Phi) is 6.18. The molecule has 7 nitrogen and oxygen atoms in total. The lowest BCUT2D eigenvalue weighted by Gasteiger charge is -2.34. The van der Waals surface area contributed by atoms with Gasteiger partial charge >= 0.3 is 5.97 Å². The van der Waals surface area contributed by atoms with Crippen LogP contribution in [0.2, 0.25) is 0 Å². The number of carbonyl (C=O) groups excluding carboxylic acids is 1. The second kappa shape index (κ2) is 7.97. The molecule has 0 aliphatic heterocycles. The number of carboxylic acids is 1. The molecule has 0 heterocycles. The molecule has 3 N–H and O–H groups in total. The largest absolute Gasteiger partial charge is 0.480 e. The van der Waals surface area contributed by atoms with Gasteiger partial charge in [0.2, 0.25) is 10.0 Å². The maximum Gasteiger partial charge on any atom is 0.329 e. The molecule has 2 rings (SSSR count). The molecule has 1 aliphatic rings. The fourth-order valence-corrected chi connectivity index (χ4v) is 3.50. The van der Waals surface area contributed by atoms with Crippen LogP contribution in [0.15, 0.2) is 24.3 Å². The van der Waals surface area contributed by atoms with Crippen LogP contribution in [0.4, 0.5) is 0 Å². The monoisotopic (exact) mass is 368 g/mol. The highest BCUT2D eigenvalue weighted by atomic mass is 32.2. The number of nitrogens with one attached hydrogen (secondary N) is 2. The van der Waals surface area contributed by atoms with Crippen molar-refractivity contribution in [2.24, 2.45) is 0 Å². The summed E-state index contributed by atoms with van der Waals surface area (Å²) in [6.07, 6.45) is 3.41.